The van der Waals surface area contributed by atoms with Crippen molar-refractivity contribution in [3.05, 3.63) is 16.3 Å². The number of Topliss-reactive ketones (excluding diaryl/α,β-unsaturated/α-hetero) is 1. The molecule has 1 aromatic heterocycles. The van der Waals surface area contributed by atoms with Crippen LogP contribution in [-0.4, -0.2) is 11.5 Å². The SMILES string of the molecule is O=C1CSc2cscc21. The molecule has 1 aromatic rings. The van der Waals surface area contributed by atoms with E-state index in [2.05, 4.69) is 0 Å². The summed E-state index contributed by atoms with van der Waals surface area (Å²) >= 11 is 3.25. The summed E-state index contributed by atoms with van der Waals surface area (Å²) in [5, 5.41) is 3.96. The maximum atomic E-state index is 10.9. The van der Waals surface area contributed by atoms with Crippen LogP contribution in [0.25, 0.3) is 0 Å². The first-order chi connectivity index (χ1) is 4.38. The topological polar surface area (TPSA) is 17.1 Å². The van der Waals surface area contributed by atoms with Crippen LogP contribution < -0.4 is 0 Å². The van der Waals surface area contributed by atoms with Gasteiger partial charge in [0.25, 0.3) is 0 Å². The Balaban J connectivity index is 2.61. The van der Waals surface area contributed by atoms with Crippen molar-refractivity contribution in [3.8, 4) is 0 Å². The van der Waals surface area contributed by atoms with Crippen molar-refractivity contribution in [2.45, 2.75) is 4.90 Å². The van der Waals surface area contributed by atoms with Gasteiger partial charge in [-0.15, -0.1) is 11.8 Å². The molecule has 0 unspecified atom stereocenters. The zero-order chi connectivity index (χ0) is 6.27. The summed E-state index contributed by atoms with van der Waals surface area (Å²) in [6, 6.07) is 0. The number of fused-ring (bicyclic) bond motifs is 1. The second kappa shape index (κ2) is 1.85. The van der Waals surface area contributed by atoms with Gasteiger partial charge in [0.15, 0.2) is 5.78 Å². The number of carbonyl (C=O) groups excluding carboxylic acids is 1. The summed E-state index contributed by atoms with van der Waals surface area (Å²) in [5.41, 5.74) is 0.935. The fraction of sp³-hybridized carbons (Fsp3) is 0.167. The van der Waals surface area contributed by atoms with Gasteiger partial charge in [-0.05, 0) is 0 Å². The van der Waals surface area contributed by atoms with E-state index in [0.29, 0.717) is 5.75 Å². The Morgan fingerprint density at radius 1 is 1.44 bits per heavy atom. The highest BCUT2D eigenvalue weighted by molar-refractivity contribution is 8.00. The molecule has 1 nitrogen and oxygen atoms in total. The average molecular weight is 156 g/mol. The maximum absolute atomic E-state index is 10.9. The third-order valence-corrected chi connectivity index (χ3v) is 3.23. The average Bonchev–Trinajstić information content (AvgIpc) is 2.35. The van der Waals surface area contributed by atoms with Gasteiger partial charge in [0, 0.05) is 21.2 Å². The van der Waals surface area contributed by atoms with Gasteiger partial charge in [0.05, 0.1) is 5.75 Å². The van der Waals surface area contributed by atoms with Crippen molar-refractivity contribution >= 4 is 28.9 Å². The molecular formula is C6H4OS2. The molecule has 9 heavy (non-hydrogen) atoms. The second-order valence-corrected chi connectivity index (χ2v) is 3.62. The van der Waals surface area contributed by atoms with Crippen molar-refractivity contribution in [1.82, 2.24) is 0 Å². The second-order valence-electron chi connectivity index (χ2n) is 1.86. The molecule has 46 valence electrons. The molecule has 0 spiro atoms. The van der Waals surface area contributed by atoms with Gasteiger partial charge in [-0.2, -0.15) is 11.3 Å². The number of hydrogen-bond acceptors (Lipinski definition) is 3. The molecule has 1 aliphatic rings. The Bertz CT molecular complexity index is 251. The molecule has 0 N–H and O–H groups in total. The summed E-state index contributed by atoms with van der Waals surface area (Å²) in [5.74, 6) is 0.939. The van der Waals surface area contributed by atoms with Crippen LogP contribution in [0.1, 0.15) is 10.4 Å². The Morgan fingerprint density at radius 2 is 2.33 bits per heavy atom. The predicted molar refractivity (Wildman–Crippen MR) is 39.4 cm³/mol. The van der Waals surface area contributed by atoms with Gasteiger partial charge in [-0.25, -0.2) is 0 Å². The van der Waals surface area contributed by atoms with Crippen molar-refractivity contribution in [2.75, 3.05) is 5.75 Å². The molecular weight excluding hydrogens is 152 g/mol. The molecule has 0 amide bonds. The maximum Gasteiger partial charge on any atom is 0.175 e. The van der Waals surface area contributed by atoms with Gasteiger partial charge in [0.1, 0.15) is 0 Å². The Morgan fingerprint density at radius 3 is 3.11 bits per heavy atom. The Hall–Kier alpha value is -0.280. The summed E-state index contributed by atoms with van der Waals surface area (Å²) in [4.78, 5) is 12.1. The lowest BCUT2D eigenvalue weighted by Crippen LogP contribution is -1.91. The first-order valence-corrected chi connectivity index (χ1v) is 4.53. The Kier molecular flexibility index (Phi) is 1.13. The van der Waals surface area contributed by atoms with E-state index in [1.54, 1.807) is 23.1 Å². The van der Waals surface area contributed by atoms with Crippen LogP contribution in [0, 0.1) is 0 Å². The lowest BCUT2D eigenvalue weighted by atomic mass is 10.2. The number of ketones is 1. The minimum Gasteiger partial charge on any atom is -0.293 e. The molecule has 0 aliphatic carbocycles. The van der Waals surface area contributed by atoms with E-state index in [1.165, 1.54) is 4.90 Å². The number of rotatable bonds is 0. The van der Waals surface area contributed by atoms with Crippen LogP contribution >= 0.6 is 23.1 Å². The van der Waals surface area contributed by atoms with E-state index in [1.807, 2.05) is 10.8 Å². The van der Waals surface area contributed by atoms with E-state index >= 15 is 0 Å². The third kappa shape index (κ3) is 0.721. The fourth-order valence-electron chi connectivity index (χ4n) is 0.821. The van der Waals surface area contributed by atoms with E-state index < -0.39 is 0 Å². The molecule has 2 heterocycles. The first-order valence-electron chi connectivity index (χ1n) is 2.60. The van der Waals surface area contributed by atoms with Crippen LogP contribution in [-0.2, 0) is 0 Å². The highest BCUT2D eigenvalue weighted by Gasteiger charge is 2.19. The molecule has 0 bridgehead atoms. The van der Waals surface area contributed by atoms with Crippen LogP contribution in [0.3, 0.4) is 0 Å². The lowest BCUT2D eigenvalue weighted by Gasteiger charge is -1.77. The molecule has 0 atom stereocenters. The van der Waals surface area contributed by atoms with Gasteiger partial charge in [-0.3, -0.25) is 4.79 Å². The number of thioether (sulfide) groups is 1. The molecule has 0 aromatic carbocycles. The molecule has 3 heteroatoms. The van der Waals surface area contributed by atoms with E-state index in [0.717, 1.165) is 5.56 Å². The number of thiophene rings is 1. The minimum absolute atomic E-state index is 0.288. The van der Waals surface area contributed by atoms with Gasteiger partial charge < -0.3 is 0 Å². The quantitative estimate of drug-likeness (QED) is 0.571. The van der Waals surface area contributed by atoms with Crippen molar-refractivity contribution in [1.29, 1.82) is 0 Å². The van der Waals surface area contributed by atoms with Crippen molar-refractivity contribution < 1.29 is 4.79 Å². The van der Waals surface area contributed by atoms with Crippen molar-refractivity contribution in [2.24, 2.45) is 0 Å². The fourth-order valence-corrected chi connectivity index (χ4v) is 2.82. The number of carbonyl (C=O) groups is 1. The molecule has 0 fully saturated rings. The first kappa shape index (κ1) is 5.50. The van der Waals surface area contributed by atoms with E-state index in [9.17, 15) is 4.79 Å². The minimum atomic E-state index is 0.288. The largest absolute Gasteiger partial charge is 0.293 e. The monoisotopic (exact) mass is 156 g/mol. The predicted octanol–water partition coefficient (Wildman–Crippen LogP) is 2.04. The normalized spacial score (nSPS) is 16.2. The van der Waals surface area contributed by atoms with Crippen LogP contribution in [0.4, 0.5) is 0 Å². The lowest BCUT2D eigenvalue weighted by molar-refractivity contribution is 0.102. The van der Waals surface area contributed by atoms with Crippen LogP contribution in [0.2, 0.25) is 0 Å². The number of hydrogen-bond donors (Lipinski definition) is 0. The third-order valence-electron chi connectivity index (χ3n) is 1.29. The van der Waals surface area contributed by atoms with Gasteiger partial charge in [0.2, 0.25) is 0 Å². The summed E-state index contributed by atoms with van der Waals surface area (Å²) in [6.45, 7) is 0. The molecule has 2 rings (SSSR count). The van der Waals surface area contributed by atoms with Crippen LogP contribution in [0.5, 0.6) is 0 Å². The van der Waals surface area contributed by atoms with E-state index in [4.69, 9.17) is 0 Å². The zero-order valence-electron chi connectivity index (χ0n) is 4.59. The highest BCUT2D eigenvalue weighted by Crippen LogP contribution is 2.33. The molecule has 0 saturated heterocycles. The van der Waals surface area contributed by atoms with Gasteiger partial charge in [-0.1, -0.05) is 0 Å². The zero-order valence-corrected chi connectivity index (χ0v) is 6.22. The van der Waals surface area contributed by atoms with Crippen molar-refractivity contribution in [3.63, 3.8) is 0 Å². The highest BCUT2D eigenvalue weighted by atomic mass is 32.2. The standard InChI is InChI=1S/C6H4OS2/c7-5-2-9-6-3-8-1-4(5)6/h1,3H,2H2. The summed E-state index contributed by atoms with van der Waals surface area (Å²) < 4.78 is 0. The summed E-state index contributed by atoms with van der Waals surface area (Å²) in [7, 11) is 0. The Labute approximate surface area is 61.1 Å². The molecule has 0 radical (unpaired) electrons. The van der Waals surface area contributed by atoms with Crippen LogP contribution in [0.15, 0.2) is 15.7 Å². The summed E-state index contributed by atoms with van der Waals surface area (Å²) in [6.07, 6.45) is 0. The molecule has 1 aliphatic heterocycles. The molecule has 0 saturated carbocycles. The van der Waals surface area contributed by atoms with E-state index in [-0.39, 0.29) is 5.78 Å². The van der Waals surface area contributed by atoms with Gasteiger partial charge >= 0.3 is 0 Å². The smallest absolute Gasteiger partial charge is 0.175 e.